The molecule has 0 radical (unpaired) electrons. The zero-order valence-corrected chi connectivity index (χ0v) is 14.7. The average molecular weight is 388 g/mol. The fourth-order valence-corrected chi connectivity index (χ4v) is 4.42. The van der Waals surface area contributed by atoms with Gasteiger partial charge in [-0.3, -0.25) is 24.3 Å². The molecule has 0 spiro atoms. The maximum absolute atomic E-state index is 13.8. The molecule has 0 saturated carbocycles. The summed E-state index contributed by atoms with van der Waals surface area (Å²) >= 11 is 1.50. The number of hydrogen-bond donors (Lipinski definition) is 1. The molecular formula is C17H13FN4O4S. The Hall–Kier alpha value is -3.14. The molecule has 0 atom stereocenters. The molecule has 1 amide bonds. The van der Waals surface area contributed by atoms with Crippen molar-refractivity contribution in [2.75, 3.05) is 5.32 Å². The van der Waals surface area contributed by atoms with E-state index < -0.39 is 16.6 Å². The Kier molecular flexibility index (Phi) is 4.19. The maximum Gasteiger partial charge on any atom is 0.271 e. The van der Waals surface area contributed by atoms with Gasteiger partial charge in [0.1, 0.15) is 17.2 Å². The highest BCUT2D eigenvalue weighted by Gasteiger charge is 2.22. The first-order valence-corrected chi connectivity index (χ1v) is 8.99. The van der Waals surface area contributed by atoms with Crippen LogP contribution in [0.2, 0.25) is 0 Å². The van der Waals surface area contributed by atoms with Crippen LogP contribution in [0.5, 0.6) is 0 Å². The first kappa shape index (κ1) is 17.3. The molecule has 1 aromatic carbocycles. The zero-order chi connectivity index (χ0) is 19.1. The molecule has 2 aromatic heterocycles. The first-order valence-electron chi connectivity index (χ1n) is 8.17. The number of fused-ring (bicyclic) bond motifs is 3. The van der Waals surface area contributed by atoms with Crippen LogP contribution in [0.3, 0.4) is 0 Å². The number of rotatable bonds is 4. The van der Waals surface area contributed by atoms with Crippen molar-refractivity contribution < 1.29 is 14.1 Å². The monoisotopic (exact) mass is 388 g/mol. The topological polar surface area (TPSA) is 107 Å². The van der Waals surface area contributed by atoms with Crippen LogP contribution in [0.15, 0.2) is 29.3 Å². The molecule has 1 aliphatic carbocycles. The van der Waals surface area contributed by atoms with E-state index in [1.807, 2.05) is 0 Å². The van der Waals surface area contributed by atoms with Crippen LogP contribution in [0, 0.1) is 15.9 Å². The summed E-state index contributed by atoms with van der Waals surface area (Å²) in [6.45, 7) is -0.367. The zero-order valence-electron chi connectivity index (χ0n) is 13.9. The van der Waals surface area contributed by atoms with Crippen LogP contribution in [0.25, 0.3) is 10.2 Å². The van der Waals surface area contributed by atoms with Gasteiger partial charge in [-0.05, 0) is 30.9 Å². The fraction of sp³-hybridized carbons (Fsp3) is 0.235. The molecule has 4 rings (SSSR count). The van der Waals surface area contributed by atoms with Gasteiger partial charge in [0, 0.05) is 17.0 Å². The smallest absolute Gasteiger partial charge is 0.271 e. The van der Waals surface area contributed by atoms with E-state index in [0.717, 1.165) is 52.5 Å². The summed E-state index contributed by atoms with van der Waals surface area (Å²) in [6, 6.07) is 2.84. The number of carbonyl (C=O) groups is 1. The van der Waals surface area contributed by atoms with Crippen molar-refractivity contribution in [2.45, 2.75) is 25.8 Å². The maximum atomic E-state index is 13.8. The van der Waals surface area contributed by atoms with E-state index in [2.05, 4.69) is 10.3 Å². The average Bonchev–Trinajstić information content (AvgIpc) is 3.20. The van der Waals surface area contributed by atoms with Crippen LogP contribution in [-0.2, 0) is 24.2 Å². The molecule has 0 fully saturated rings. The molecular weight excluding hydrogens is 375 g/mol. The standard InChI is InChI=1S/C17H13FN4O4S/c18-11-5-4-9(22(25)26)6-12(11)20-14(23)7-21-8-19-16-15(17(21)24)10-2-1-3-13(10)27-16/h4-6,8H,1-3,7H2,(H,20,23). The van der Waals surface area contributed by atoms with Gasteiger partial charge in [0.2, 0.25) is 5.91 Å². The number of non-ortho nitro benzene ring substituents is 1. The Morgan fingerprint density at radius 2 is 2.22 bits per heavy atom. The van der Waals surface area contributed by atoms with E-state index in [1.54, 1.807) is 0 Å². The fourth-order valence-electron chi connectivity index (χ4n) is 3.20. The number of hydrogen-bond acceptors (Lipinski definition) is 6. The third-order valence-electron chi connectivity index (χ3n) is 4.44. The number of amides is 1. The number of nitrogens with zero attached hydrogens (tertiary/aromatic N) is 3. The van der Waals surface area contributed by atoms with Crippen LogP contribution >= 0.6 is 11.3 Å². The molecule has 0 bridgehead atoms. The first-order chi connectivity index (χ1) is 12.9. The third-order valence-corrected chi connectivity index (χ3v) is 5.64. The third kappa shape index (κ3) is 3.08. The molecule has 3 aromatic rings. The minimum Gasteiger partial charge on any atom is -0.322 e. The van der Waals surface area contributed by atoms with Gasteiger partial charge in [-0.15, -0.1) is 11.3 Å². The Morgan fingerprint density at radius 1 is 1.41 bits per heavy atom. The van der Waals surface area contributed by atoms with Crippen molar-refractivity contribution in [1.82, 2.24) is 9.55 Å². The number of nitro benzene ring substituents is 1. The van der Waals surface area contributed by atoms with E-state index in [-0.39, 0.29) is 23.5 Å². The number of nitro groups is 1. The molecule has 2 heterocycles. The lowest BCUT2D eigenvalue weighted by Gasteiger charge is -2.08. The summed E-state index contributed by atoms with van der Waals surface area (Å²) in [4.78, 5) is 41.2. The largest absolute Gasteiger partial charge is 0.322 e. The summed E-state index contributed by atoms with van der Waals surface area (Å²) < 4.78 is 15.0. The van der Waals surface area contributed by atoms with E-state index >= 15 is 0 Å². The Morgan fingerprint density at radius 3 is 3.00 bits per heavy atom. The van der Waals surface area contributed by atoms with Gasteiger partial charge in [0.05, 0.1) is 22.3 Å². The normalized spacial score (nSPS) is 12.9. The van der Waals surface area contributed by atoms with Gasteiger partial charge in [-0.25, -0.2) is 9.37 Å². The minimum atomic E-state index is -0.800. The quantitative estimate of drug-likeness (QED) is 0.546. The van der Waals surface area contributed by atoms with Gasteiger partial charge in [-0.1, -0.05) is 0 Å². The van der Waals surface area contributed by atoms with Crippen LogP contribution in [0.1, 0.15) is 16.9 Å². The second-order valence-electron chi connectivity index (χ2n) is 6.18. The van der Waals surface area contributed by atoms with Crippen molar-refractivity contribution in [3.05, 3.63) is 61.3 Å². The van der Waals surface area contributed by atoms with Crippen molar-refractivity contribution in [2.24, 2.45) is 0 Å². The predicted molar refractivity (Wildman–Crippen MR) is 97.6 cm³/mol. The second-order valence-corrected chi connectivity index (χ2v) is 7.27. The number of benzene rings is 1. The molecule has 10 heteroatoms. The van der Waals surface area contributed by atoms with Gasteiger partial charge >= 0.3 is 0 Å². The lowest BCUT2D eigenvalue weighted by molar-refractivity contribution is -0.384. The number of halogens is 1. The summed E-state index contributed by atoms with van der Waals surface area (Å²) in [5.41, 5.74) is 0.0366. The van der Waals surface area contributed by atoms with Crippen molar-refractivity contribution in [3.8, 4) is 0 Å². The van der Waals surface area contributed by atoms with Crippen LogP contribution in [-0.4, -0.2) is 20.4 Å². The van der Waals surface area contributed by atoms with E-state index in [4.69, 9.17) is 0 Å². The molecule has 1 N–H and O–H groups in total. The molecule has 8 nitrogen and oxygen atoms in total. The van der Waals surface area contributed by atoms with E-state index in [0.29, 0.717) is 10.2 Å². The van der Waals surface area contributed by atoms with E-state index in [9.17, 15) is 24.1 Å². The minimum absolute atomic E-state index is 0.311. The number of thiophene rings is 1. The molecule has 138 valence electrons. The molecule has 0 unspecified atom stereocenters. The highest BCUT2D eigenvalue weighted by molar-refractivity contribution is 7.18. The van der Waals surface area contributed by atoms with Gasteiger partial charge in [0.25, 0.3) is 11.2 Å². The summed E-state index contributed by atoms with van der Waals surface area (Å²) in [5.74, 6) is -1.48. The van der Waals surface area contributed by atoms with Gasteiger partial charge < -0.3 is 5.32 Å². The number of carbonyl (C=O) groups excluding carboxylic acids is 1. The van der Waals surface area contributed by atoms with Crippen molar-refractivity contribution in [3.63, 3.8) is 0 Å². The molecule has 0 aliphatic heterocycles. The second kappa shape index (κ2) is 6.54. The number of aryl methyl sites for hydroxylation is 2. The van der Waals surface area contributed by atoms with Crippen molar-refractivity contribution in [1.29, 1.82) is 0 Å². The van der Waals surface area contributed by atoms with Crippen molar-refractivity contribution >= 4 is 38.8 Å². The Bertz CT molecular complexity index is 1150. The summed E-state index contributed by atoms with van der Waals surface area (Å²) in [6.07, 6.45) is 4.04. The van der Waals surface area contributed by atoms with Crippen LogP contribution in [0.4, 0.5) is 15.8 Å². The molecule has 0 saturated heterocycles. The van der Waals surface area contributed by atoms with E-state index in [1.165, 1.54) is 17.7 Å². The van der Waals surface area contributed by atoms with Gasteiger partial charge in [0.15, 0.2) is 0 Å². The van der Waals surface area contributed by atoms with Crippen LogP contribution < -0.4 is 10.9 Å². The lowest BCUT2D eigenvalue weighted by Crippen LogP contribution is -2.28. The number of anilines is 1. The summed E-state index contributed by atoms with van der Waals surface area (Å²) in [7, 11) is 0. The Balaban J connectivity index is 1.60. The number of aromatic nitrogens is 2. The Labute approximate surface area is 155 Å². The van der Waals surface area contributed by atoms with Gasteiger partial charge in [-0.2, -0.15) is 0 Å². The lowest BCUT2D eigenvalue weighted by atomic mass is 10.2. The molecule has 27 heavy (non-hydrogen) atoms. The highest BCUT2D eigenvalue weighted by Crippen LogP contribution is 2.34. The predicted octanol–water partition coefficient (Wildman–Crippen LogP) is 2.63. The molecule has 1 aliphatic rings. The highest BCUT2D eigenvalue weighted by atomic mass is 32.1. The summed E-state index contributed by atoms with van der Waals surface area (Å²) in [5, 5.41) is 13.6. The number of nitrogens with one attached hydrogen (secondary N) is 1. The SMILES string of the molecule is O=C(Cn1cnc2sc3c(c2c1=O)CCC3)Nc1cc([N+](=O)[O-])ccc1F.